The molecule has 3 N–H and O–H groups in total. The predicted molar refractivity (Wildman–Crippen MR) is 180 cm³/mol. The molecule has 8 nitrogen and oxygen atoms in total. The summed E-state index contributed by atoms with van der Waals surface area (Å²) < 4.78 is 23.3. The highest BCUT2D eigenvalue weighted by atomic mass is 31.2. The third-order valence-electron chi connectivity index (χ3n) is 7.42. The molecule has 0 heterocycles. The fourth-order valence-electron chi connectivity index (χ4n) is 4.55. The number of nitrogens with one attached hydrogen (secondary N) is 1. The number of aliphatic hydroxyl groups excluding tert-OH is 1. The lowest BCUT2D eigenvalue weighted by molar-refractivity contribution is -0.870. The maximum Gasteiger partial charge on any atom is 0.472 e. The van der Waals surface area contributed by atoms with Crippen molar-refractivity contribution in [2.45, 2.75) is 148 Å². The number of aliphatic hydroxyl groups is 1. The van der Waals surface area contributed by atoms with Gasteiger partial charge in [-0.3, -0.25) is 13.8 Å². The van der Waals surface area contributed by atoms with E-state index < -0.39 is 20.0 Å². The second kappa shape index (κ2) is 27.3. The molecule has 0 bridgehead atoms. The number of carbonyl (C=O) groups is 1. The largest absolute Gasteiger partial charge is 0.472 e. The number of hydrogen-bond acceptors (Lipinski definition) is 5. The number of unbranched alkanes of at least 4 members (excludes halogenated alkanes) is 15. The van der Waals surface area contributed by atoms with Crippen molar-refractivity contribution in [1.29, 1.82) is 0 Å². The number of nitrogens with zero attached hydrogens (tertiary/aromatic N) is 1. The van der Waals surface area contributed by atoms with Crippen LogP contribution in [0.5, 0.6) is 0 Å². The average molecular weight is 632 g/mol. The van der Waals surface area contributed by atoms with Crippen LogP contribution in [0.4, 0.5) is 0 Å². The van der Waals surface area contributed by atoms with E-state index in [4.69, 9.17) is 9.05 Å². The Balaban J connectivity index is 4.65. The first-order chi connectivity index (χ1) is 20.5. The van der Waals surface area contributed by atoms with Crippen LogP contribution in [0.25, 0.3) is 0 Å². The number of likely N-dealkylation sites (N-methyl/N-ethyl adjacent to an activating group) is 1. The summed E-state index contributed by atoms with van der Waals surface area (Å²) in [5, 5.41) is 13.6. The summed E-state index contributed by atoms with van der Waals surface area (Å²) in [6.45, 7) is 4.71. The van der Waals surface area contributed by atoms with Crippen molar-refractivity contribution < 1.29 is 32.9 Å². The first kappa shape index (κ1) is 42.0. The van der Waals surface area contributed by atoms with E-state index in [1.165, 1.54) is 57.8 Å². The summed E-state index contributed by atoms with van der Waals surface area (Å²) in [7, 11) is 1.56. The Morgan fingerprint density at radius 2 is 1.28 bits per heavy atom. The van der Waals surface area contributed by atoms with Gasteiger partial charge in [-0.2, -0.15) is 0 Å². The van der Waals surface area contributed by atoms with Gasteiger partial charge in [-0.25, -0.2) is 4.57 Å². The van der Waals surface area contributed by atoms with Crippen LogP contribution < -0.4 is 5.32 Å². The van der Waals surface area contributed by atoms with E-state index in [9.17, 15) is 19.4 Å². The Kier molecular flexibility index (Phi) is 26.7. The molecule has 0 rings (SSSR count). The normalized spacial score (nSPS) is 15.2. The summed E-state index contributed by atoms with van der Waals surface area (Å²) >= 11 is 0. The Bertz CT molecular complexity index is 768. The number of quaternary nitrogens is 1. The minimum atomic E-state index is -4.32. The zero-order chi connectivity index (χ0) is 32.2. The first-order valence-electron chi connectivity index (χ1n) is 17.2. The number of phosphoric acid groups is 1. The van der Waals surface area contributed by atoms with Crippen LogP contribution >= 0.6 is 7.82 Å². The fourth-order valence-corrected chi connectivity index (χ4v) is 5.28. The molecule has 0 saturated heterocycles. The number of rotatable bonds is 30. The summed E-state index contributed by atoms with van der Waals surface area (Å²) in [6.07, 6.45) is 28.1. The van der Waals surface area contributed by atoms with E-state index in [-0.39, 0.29) is 19.1 Å². The predicted octanol–water partition coefficient (Wildman–Crippen LogP) is 8.24. The van der Waals surface area contributed by atoms with Crippen molar-refractivity contribution in [2.24, 2.45) is 0 Å². The summed E-state index contributed by atoms with van der Waals surface area (Å²) in [5.41, 5.74) is 0. The highest BCUT2D eigenvalue weighted by Gasteiger charge is 2.27. The molecule has 3 unspecified atom stereocenters. The molecule has 0 aromatic heterocycles. The van der Waals surface area contributed by atoms with Crippen LogP contribution in [-0.4, -0.2) is 73.4 Å². The van der Waals surface area contributed by atoms with Gasteiger partial charge in [-0.1, -0.05) is 115 Å². The van der Waals surface area contributed by atoms with Gasteiger partial charge in [0.2, 0.25) is 5.91 Å². The van der Waals surface area contributed by atoms with Crippen LogP contribution in [0.3, 0.4) is 0 Å². The number of phosphoric ester groups is 1. The van der Waals surface area contributed by atoms with Crippen molar-refractivity contribution in [3.05, 3.63) is 24.3 Å². The third kappa shape index (κ3) is 29.5. The lowest BCUT2D eigenvalue weighted by Gasteiger charge is -2.25. The molecule has 0 aliphatic carbocycles. The number of allylic oxidation sites excluding steroid dienone is 3. The minimum absolute atomic E-state index is 0.0596. The molecule has 0 aromatic rings. The minimum Gasteiger partial charge on any atom is -0.387 e. The van der Waals surface area contributed by atoms with Crippen LogP contribution in [0, 0.1) is 0 Å². The number of hydrogen-bond donors (Lipinski definition) is 3. The van der Waals surface area contributed by atoms with E-state index >= 15 is 0 Å². The molecule has 0 radical (unpaired) electrons. The molecular weight excluding hydrogens is 563 g/mol. The van der Waals surface area contributed by atoms with E-state index in [0.29, 0.717) is 17.4 Å². The molecule has 9 heteroatoms. The zero-order valence-corrected chi connectivity index (χ0v) is 29.3. The van der Waals surface area contributed by atoms with Gasteiger partial charge < -0.3 is 19.8 Å². The van der Waals surface area contributed by atoms with Gasteiger partial charge in [0.25, 0.3) is 0 Å². The molecule has 0 aliphatic rings. The molecular formula is C34H68N2O6P+. The monoisotopic (exact) mass is 631 g/mol. The molecule has 254 valence electrons. The van der Waals surface area contributed by atoms with Gasteiger partial charge in [0.15, 0.2) is 0 Å². The zero-order valence-electron chi connectivity index (χ0n) is 28.4. The molecule has 3 atom stereocenters. The van der Waals surface area contributed by atoms with E-state index in [0.717, 1.165) is 57.8 Å². The standard InChI is InChI=1S/C34H67N2O6P/c1-6-8-10-12-14-16-18-19-21-23-25-27-33(37)32(31-42-43(39,40)41-30-29-36(3,4)5)35-34(38)28-26-24-22-20-17-15-13-11-9-7-2/h13,15,25,27,32-33,37H,6-12,14,16-24,26,28-31H2,1-5H3,(H-,35,38,39,40)/p+1/b15-13-,27-25+. The molecule has 0 aliphatic heterocycles. The Morgan fingerprint density at radius 3 is 1.86 bits per heavy atom. The van der Waals surface area contributed by atoms with E-state index in [1.807, 2.05) is 27.2 Å². The van der Waals surface area contributed by atoms with Crippen LogP contribution in [-0.2, 0) is 18.4 Å². The maximum atomic E-state index is 12.7. The molecule has 0 fully saturated rings. The van der Waals surface area contributed by atoms with Crippen LogP contribution in [0.1, 0.15) is 136 Å². The van der Waals surface area contributed by atoms with E-state index in [1.54, 1.807) is 6.08 Å². The number of carbonyl (C=O) groups excluding carboxylic acids is 1. The molecule has 0 spiro atoms. The molecule has 0 aromatic carbocycles. The lowest BCUT2D eigenvalue weighted by atomic mass is 10.1. The Labute approximate surface area is 264 Å². The molecule has 43 heavy (non-hydrogen) atoms. The second-order valence-corrected chi connectivity index (χ2v) is 14.3. The molecule has 1 amide bonds. The Morgan fingerprint density at radius 1 is 0.767 bits per heavy atom. The third-order valence-corrected chi connectivity index (χ3v) is 8.40. The summed E-state index contributed by atoms with van der Waals surface area (Å²) in [4.78, 5) is 22.8. The fraction of sp³-hybridized carbons (Fsp3) is 0.853. The quantitative estimate of drug-likeness (QED) is 0.0319. The maximum absolute atomic E-state index is 12.7. The van der Waals surface area contributed by atoms with E-state index in [2.05, 4.69) is 31.3 Å². The Hall–Kier alpha value is -1.02. The highest BCUT2D eigenvalue weighted by molar-refractivity contribution is 7.47. The van der Waals surface area contributed by atoms with Gasteiger partial charge in [0.1, 0.15) is 13.2 Å². The first-order valence-corrected chi connectivity index (χ1v) is 18.7. The topological polar surface area (TPSA) is 105 Å². The van der Waals surface area contributed by atoms with Gasteiger partial charge in [-0.05, 0) is 38.5 Å². The highest BCUT2D eigenvalue weighted by Crippen LogP contribution is 2.43. The van der Waals surface area contributed by atoms with Crippen molar-refractivity contribution >= 4 is 13.7 Å². The van der Waals surface area contributed by atoms with Crippen LogP contribution in [0.2, 0.25) is 0 Å². The summed E-state index contributed by atoms with van der Waals surface area (Å²) in [5.74, 6) is -0.196. The van der Waals surface area contributed by atoms with Crippen LogP contribution in [0.15, 0.2) is 24.3 Å². The van der Waals surface area contributed by atoms with Crippen molar-refractivity contribution in [1.82, 2.24) is 5.32 Å². The SMILES string of the molecule is CCCC/C=C\CCCCCCC(=O)NC(COP(=O)(O)OCC[N+](C)(C)C)C(O)/C=C/CCCCCCCCCCC. The summed E-state index contributed by atoms with van der Waals surface area (Å²) in [6, 6.07) is -0.845. The van der Waals surface area contributed by atoms with Crippen molar-refractivity contribution in [3.63, 3.8) is 0 Å². The van der Waals surface area contributed by atoms with Gasteiger partial charge >= 0.3 is 7.82 Å². The average Bonchev–Trinajstić information content (AvgIpc) is 2.94. The number of amides is 1. The second-order valence-electron chi connectivity index (χ2n) is 12.9. The smallest absolute Gasteiger partial charge is 0.387 e. The van der Waals surface area contributed by atoms with Gasteiger partial charge in [0, 0.05) is 6.42 Å². The van der Waals surface area contributed by atoms with Gasteiger partial charge in [0.05, 0.1) is 39.9 Å². The molecule has 0 saturated carbocycles. The van der Waals surface area contributed by atoms with Crippen molar-refractivity contribution in [2.75, 3.05) is 40.9 Å². The lowest BCUT2D eigenvalue weighted by Crippen LogP contribution is -2.45. The van der Waals surface area contributed by atoms with Gasteiger partial charge in [-0.15, -0.1) is 0 Å². The van der Waals surface area contributed by atoms with Crippen molar-refractivity contribution in [3.8, 4) is 0 Å².